The first-order valence-electron chi connectivity index (χ1n) is 5.39. The van der Waals surface area contributed by atoms with Gasteiger partial charge in [0.25, 0.3) is 0 Å². The summed E-state index contributed by atoms with van der Waals surface area (Å²) in [5.74, 6) is -0.299. The summed E-state index contributed by atoms with van der Waals surface area (Å²) in [4.78, 5) is 11.1. The zero-order valence-corrected chi connectivity index (χ0v) is 12.3. The van der Waals surface area contributed by atoms with Crippen LogP contribution in [0.1, 0.15) is 19.8 Å². The third-order valence-corrected chi connectivity index (χ3v) is 6.62. The molecule has 98 valence electrons. The number of cyclic esters (lactones) is 1. The first-order chi connectivity index (χ1) is 7.99. The van der Waals surface area contributed by atoms with Crippen molar-refractivity contribution in [1.82, 2.24) is 0 Å². The maximum absolute atomic E-state index is 11.1. The average Bonchev–Trinajstić information content (AvgIpc) is 2.61. The summed E-state index contributed by atoms with van der Waals surface area (Å²) in [6.07, 6.45) is 1.01. The van der Waals surface area contributed by atoms with E-state index in [0.717, 1.165) is 0 Å². The maximum Gasteiger partial charge on any atom is 0.503 e. The number of carbonyl (C=O) groups is 1. The van der Waals surface area contributed by atoms with E-state index >= 15 is 0 Å². The topological polar surface area (TPSA) is 54.0 Å². The average molecular weight is 278 g/mol. The fourth-order valence-electron chi connectivity index (χ4n) is 2.13. The molecule has 0 aliphatic carbocycles. The number of ether oxygens (including phenoxy) is 1. The Kier molecular flexibility index (Phi) is 5.20. The molecule has 5 nitrogen and oxygen atoms in total. The molecule has 1 aliphatic heterocycles. The van der Waals surface area contributed by atoms with Crippen molar-refractivity contribution in [2.45, 2.75) is 25.3 Å². The van der Waals surface area contributed by atoms with Crippen LogP contribution in [0.3, 0.4) is 0 Å². The summed E-state index contributed by atoms with van der Waals surface area (Å²) < 4.78 is 21.1. The van der Waals surface area contributed by atoms with E-state index in [0.29, 0.717) is 17.9 Å². The summed E-state index contributed by atoms with van der Waals surface area (Å²) in [6.45, 7) is 1.98. The predicted molar refractivity (Wildman–Crippen MR) is 67.6 cm³/mol. The Morgan fingerprint density at radius 2 is 1.94 bits per heavy atom. The second-order valence-electron chi connectivity index (χ2n) is 4.05. The van der Waals surface area contributed by atoms with Crippen LogP contribution in [0.25, 0.3) is 0 Å². The van der Waals surface area contributed by atoms with Gasteiger partial charge in [0, 0.05) is 32.8 Å². The van der Waals surface area contributed by atoms with Crippen LogP contribution >= 0.6 is 12.2 Å². The Morgan fingerprint density at radius 3 is 2.29 bits per heavy atom. The van der Waals surface area contributed by atoms with Crippen molar-refractivity contribution >= 4 is 32.0 Å². The third-order valence-electron chi connectivity index (χ3n) is 3.06. The van der Waals surface area contributed by atoms with E-state index in [1.807, 2.05) is 6.92 Å². The van der Waals surface area contributed by atoms with Crippen molar-refractivity contribution in [2.24, 2.45) is 5.92 Å². The zero-order valence-electron chi connectivity index (χ0n) is 10.5. The van der Waals surface area contributed by atoms with Gasteiger partial charge in [-0.1, -0.05) is 6.92 Å². The molecule has 0 aromatic heterocycles. The highest BCUT2D eigenvalue weighted by atomic mass is 32.1. The van der Waals surface area contributed by atoms with Gasteiger partial charge in [-0.25, -0.2) is 0 Å². The molecule has 0 amide bonds. The standard InChI is InChI=1S/C10H18O5SSi/c1-7(17(12-2,13-3)14-4)5-8-6-9(11)15-10(8)16/h7-8H,5-6H2,1-4H3. The Bertz CT molecular complexity index is 297. The Morgan fingerprint density at radius 1 is 1.41 bits per heavy atom. The molecule has 0 radical (unpaired) electrons. The number of hydrogen-bond donors (Lipinski definition) is 0. The van der Waals surface area contributed by atoms with Gasteiger partial charge in [-0.2, -0.15) is 0 Å². The molecule has 0 spiro atoms. The van der Waals surface area contributed by atoms with Crippen molar-refractivity contribution in [2.75, 3.05) is 21.3 Å². The van der Waals surface area contributed by atoms with E-state index in [2.05, 4.69) is 0 Å². The van der Waals surface area contributed by atoms with Gasteiger partial charge in [0.15, 0.2) is 5.05 Å². The third kappa shape index (κ3) is 3.11. The summed E-state index contributed by atoms with van der Waals surface area (Å²) in [6, 6.07) is 0. The lowest BCUT2D eigenvalue weighted by Gasteiger charge is -2.31. The quantitative estimate of drug-likeness (QED) is 0.417. The highest BCUT2D eigenvalue weighted by Crippen LogP contribution is 2.34. The number of rotatable bonds is 6. The normalized spacial score (nSPS) is 22.7. The lowest BCUT2D eigenvalue weighted by Crippen LogP contribution is -2.47. The molecule has 2 atom stereocenters. The van der Waals surface area contributed by atoms with Crippen LogP contribution in [0.15, 0.2) is 0 Å². The van der Waals surface area contributed by atoms with E-state index in [1.165, 1.54) is 0 Å². The second kappa shape index (κ2) is 6.01. The Labute approximate surface area is 108 Å². The molecule has 1 rings (SSSR count). The van der Waals surface area contributed by atoms with E-state index < -0.39 is 8.80 Å². The zero-order chi connectivity index (χ0) is 13.1. The van der Waals surface area contributed by atoms with Crippen molar-refractivity contribution in [1.29, 1.82) is 0 Å². The molecular formula is C10H18O5SSi. The van der Waals surface area contributed by atoms with Gasteiger partial charge in [-0.15, -0.1) is 0 Å². The summed E-state index contributed by atoms with van der Waals surface area (Å²) >= 11 is 5.02. The van der Waals surface area contributed by atoms with Crippen LogP contribution in [0.2, 0.25) is 5.54 Å². The van der Waals surface area contributed by atoms with E-state index in [9.17, 15) is 4.79 Å². The summed E-state index contributed by atoms with van der Waals surface area (Å²) in [5, 5.41) is 0.369. The summed E-state index contributed by atoms with van der Waals surface area (Å²) in [5.41, 5.74) is 0.0555. The fourth-order valence-corrected chi connectivity index (χ4v) is 4.68. The SMILES string of the molecule is CO[Si](OC)(OC)C(C)CC1CC(=O)OC1=S. The van der Waals surface area contributed by atoms with Crippen molar-refractivity contribution in [3.05, 3.63) is 0 Å². The summed E-state index contributed by atoms with van der Waals surface area (Å²) in [7, 11) is 2.05. The fraction of sp³-hybridized carbons (Fsp3) is 0.800. The first kappa shape index (κ1) is 14.7. The second-order valence-corrected chi connectivity index (χ2v) is 7.87. The van der Waals surface area contributed by atoms with Crippen molar-refractivity contribution in [3.8, 4) is 0 Å². The van der Waals surface area contributed by atoms with Gasteiger partial charge in [0.05, 0.1) is 6.42 Å². The number of carbonyl (C=O) groups excluding carboxylic acids is 1. The Balaban J connectivity index is 2.67. The molecule has 0 N–H and O–H groups in total. The highest BCUT2D eigenvalue weighted by Gasteiger charge is 2.47. The number of hydrogen-bond acceptors (Lipinski definition) is 6. The van der Waals surface area contributed by atoms with Crippen LogP contribution in [-0.2, 0) is 22.8 Å². The lowest BCUT2D eigenvalue weighted by molar-refractivity contribution is -0.133. The van der Waals surface area contributed by atoms with Gasteiger partial charge < -0.3 is 18.0 Å². The largest absolute Gasteiger partial charge is 0.503 e. The molecule has 7 heteroatoms. The number of thiocarbonyl (C=S) groups is 1. The molecule has 17 heavy (non-hydrogen) atoms. The van der Waals surface area contributed by atoms with E-state index in [1.54, 1.807) is 21.3 Å². The van der Waals surface area contributed by atoms with Crippen LogP contribution in [-0.4, -0.2) is 41.2 Å². The monoisotopic (exact) mass is 278 g/mol. The Hall–Kier alpha value is -0.343. The van der Waals surface area contributed by atoms with Gasteiger partial charge in [0.2, 0.25) is 0 Å². The molecule has 2 unspecified atom stereocenters. The molecule has 0 bridgehead atoms. The molecule has 0 aromatic rings. The first-order valence-corrected chi connectivity index (χ1v) is 7.60. The molecule has 1 fully saturated rings. The molecular weight excluding hydrogens is 260 g/mol. The van der Waals surface area contributed by atoms with Crippen LogP contribution < -0.4 is 0 Å². The smallest absolute Gasteiger partial charge is 0.419 e. The van der Waals surface area contributed by atoms with Crippen molar-refractivity contribution < 1.29 is 22.8 Å². The molecule has 1 saturated heterocycles. The van der Waals surface area contributed by atoms with Crippen LogP contribution in [0.4, 0.5) is 0 Å². The molecule has 1 heterocycles. The van der Waals surface area contributed by atoms with Crippen LogP contribution in [0.5, 0.6) is 0 Å². The molecule has 0 saturated carbocycles. The maximum atomic E-state index is 11.1. The number of esters is 1. The molecule has 0 aromatic carbocycles. The predicted octanol–water partition coefficient (Wildman–Crippen LogP) is 1.54. The molecule has 1 aliphatic rings. The lowest BCUT2D eigenvalue weighted by atomic mass is 10.0. The van der Waals surface area contributed by atoms with Crippen LogP contribution in [0, 0.1) is 5.92 Å². The van der Waals surface area contributed by atoms with E-state index in [4.69, 9.17) is 30.2 Å². The van der Waals surface area contributed by atoms with E-state index in [-0.39, 0.29) is 17.4 Å². The minimum Gasteiger partial charge on any atom is -0.419 e. The van der Waals surface area contributed by atoms with Gasteiger partial charge in [-0.05, 0) is 18.6 Å². The van der Waals surface area contributed by atoms with Gasteiger partial charge >= 0.3 is 14.8 Å². The van der Waals surface area contributed by atoms with Gasteiger partial charge in [-0.3, -0.25) is 4.79 Å². The van der Waals surface area contributed by atoms with Gasteiger partial charge in [0.1, 0.15) is 0 Å². The highest BCUT2D eigenvalue weighted by molar-refractivity contribution is 7.80. The minimum atomic E-state index is -2.67. The van der Waals surface area contributed by atoms with Crippen molar-refractivity contribution in [3.63, 3.8) is 0 Å². The minimum absolute atomic E-state index is 0.0418.